The molecule has 3 unspecified atom stereocenters. The monoisotopic (exact) mass is 198 g/mol. The molecular weight excluding hydrogens is 172 g/mol. The maximum Gasteiger partial charge on any atom is 0.00961 e. The fourth-order valence-corrected chi connectivity index (χ4v) is 2.63. The van der Waals surface area contributed by atoms with Crippen molar-refractivity contribution in [1.82, 2.24) is 4.90 Å². The average molecular weight is 198 g/mol. The second kappa shape index (κ2) is 5.72. The van der Waals surface area contributed by atoms with Crippen molar-refractivity contribution in [3.63, 3.8) is 0 Å². The molecule has 0 aromatic rings. The number of nitrogens with zero attached hydrogens (tertiary/aromatic N) is 1. The molecule has 0 aliphatic carbocycles. The van der Waals surface area contributed by atoms with Crippen LogP contribution >= 0.6 is 0 Å². The summed E-state index contributed by atoms with van der Waals surface area (Å²) < 4.78 is 0. The molecule has 0 radical (unpaired) electrons. The average Bonchev–Trinajstić information content (AvgIpc) is 2.48. The lowest BCUT2D eigenvalue weighted by Gasteiger charge is -2.30. The van der Waals surface area contributed by atoms with Crippen LogP contribution in [-0.4, -0.2) is 30.1 Å². The Morgan fingerprint density at radius 2 is 2.14 bits per heavy atom. The highest BCUT2D eigenvalue weighted by atomic mass is 15.2. The lowest BCUT2D eigenvalue weighted by Crippen LogP contribution is -2.37. The Morgan fingerprint density at radius 3 is 2.71 bits per heavy atom. The SMILES string of the molecule is CCC1CCC(C)N1CC(C)CCN. The largest absolute Gasteiger partial charge is 0.330 e. The third-order valence-corrected chi connectivity index (χ3v) is 3.61. The number of likely N-dealkylation sites (tertiary alicyclic amines) is 1. The van der Waals surface area contributed by atoms with Gasteiger partial charge in [-0.15, -0.1) is 0 Å². The first-order valence-corrected chi connectivity index (χ1v) is 6.14. The number of nitrogens with two attached hydrogens (primary N) is 1. The molecular formula is C12H26N2. The summed E-state index contributed by atoms with van der Waals surface area (Å²) in [6.45, 7) is 9.08. The predicted octanol–water partition coefficient (Wildman–Crippen LogP) is 2.23. The van der Waals surface area contributed by atoms with Gasteiger partial charge in [0.15, 0.2) is 0 Å². The molecule has 1 saturated heterocycles. The van der Waals surface area contributed by atoms with E-state index in [-0.39, 0.29) is 0 Å². The van der Waals surface area contributed by atoms with E-state index >= 15 is 0 Å². The van der Waals surface area contributed by atoms with Gasteiger partial charge in [-0.25, -0.2) is 0 Å². The van der Waals surface area contributed by atoms with Gasteiger partial charge in [-0.05, 0) is 45.1 Å². The normalized spacial score (nSPS) is 30.9. The zero-order valence-corrected chi connectivity index (χ0v) is 10.00. The van der Waals surface area contributed by atoms with Crippen LogP contribution in [0.3, 0.4) is 0 Å². The first-order chi connectivity index (χ1) is 6.69. The molecule has 2 nitrogen and oxygen atoms in total. The van der Waals surface area contributed by atoms with Gasteiger partial charge in [-0.2, -0.15) is 0 Å². The van der Waals surface area contributed by atoms with Gasteiger partial charge in [0, 0.05) is 18.6 Å². The van der Waals surface area contributed by atoms with Gasteiger partial charge in [-0.1, -0.05) is 13.8 Å². The molecule has 2 heteroatoms. The summed E-state index contributed by atoms with van der Waals surface area (Å²) in [6, 6.07) is 1.63. The molecule has 14 heavy (non-hydrogen) atoms. The standard InChI is InChI=1S/C12H26N2/c1-4-12-6-5-11(3)14(12)9-10(2)7-8-13/h10-12H,4-9,13H2,1-3H3. The predicted molar refractivity (Wildman–Crippen MR) is 62.3 cm³/mol. The van der Waals surface area contributed by atoms with Crippen LogP contribution in [0.2, 0.25) is 0 Å². The van der Waals surface area contributed by atoms with Crippen LogP contribution < -0.4 is 5.73 Å². The lowest BCUT2D eigenvalue weighted by molar-refractivity contribution is 0.169. The van der Waals surface area contributed by atoms with Crippen molar-refractivity contribution < 1.29 is 0 Å². The van der Waals surface area contributed by atoms with E-state index in [1.165, 1.54) is 32.2 Å². The molecule has 1 heterocycles. The Labute approximate surface area is 88.8 Å². The van der Waals surface area contributed by atoms with Gasteiger partial charge < -0.3 is 5.73 Å². The molecule has 0 spiro atoms. The van der Waals surface area contributed by atoms with Crippen molar-refractivity contribution in [1.29, 1.82) is 0 Å². The maximum atomic E-state index is 5.59. The fraction of sp³-hybridized carbons (Fsp3) is 1.00. The minimum Gasteiger partial charge on any atom is -0.330 e. The highest BCUT2D eigenvalue weighted by Crippen LogP contribution is 2.27. The first kappa shape index (κ1) is 12.0. The Hall–Kier alpha value is -0.0800. The molecule has 1 rings (SSSR count). The molecule has 0 saturated carbocycles. The fourth-order valence-electron chi connectivity index (χ4n) is 2.63. The summed E-state index contributed by atoms with van der Waals surface area (Å²) in [6.07, 6.45) is 5.25. The lowest BCUT2D eigenvalue weighted by atomic mass is 10.1. The quantitative estimate of drug-likeness (QED) is 0.734. The number of hydrogen-bond donors (Lipinski definition) is 1. The molecule has 0 bridgehead atoms. The van der Waals surface area contributed by atoms with Crippen molar-refractivity contribution in [2.24, 2.45) is 11.7 Å². The Balaban J connectivity index is 2.40. The van der Waals surface area contributed by atoms with Crippen LogP contribution in [0.5, 0.6) is 0 Å². The third-order valence-electron chi connectivity index (χ3n) is 3.61. The molecule has 2 N–H and O–H groups in total. The Kier molecular flexibility index (Phi) is 4.90. The van der Waals surface area contributed by atoms with E-state index in [1.54, 1.807) is 0 Å². The maximum absolute atomic E-state index is 5.59. The molecule has 1 aliphatic heterocycles. The van der Waals surface area contributed by atoms with Crippen LogP contribution in [0.1, 0.15) is 46.5 Å². The highest BCUT2D eigenvalue weighted by molar-refractivity contribution is 4.85. The van der Waals surface area contributed by atoms with Crippen molar-refractivity contribution in [2.75, 3.05) is 13.1 Å². The summed E-state index contributed by atoms with van der Waals surface area (Å²) in [7, 11) is 0. The topological polar surface area (TPSA) is 29.3 Å². The molecule has 1 aliphatic rings. The van der Waals surface area contributed by atoms with Crippen LogP contribution in [0, 0.1) is 5.92 Å². The van der Waals surface area contributed by atoms with Crippen molar-refractivity contribution in [3.05, 3.63) is 0 Å². The van der Waals surface area contributed by atoms with Crippen molar-refractivity contribution >= 4 is 0 Å². The van der Waals surface area contributed by atoms with E-state index in [0.29, 0.717) is 0 Å². The highest BCUT2D eigenvalue weighted by Gasteiger charge is 2.29. The van der Waals surface area contributed by atoms with E-state index in [0.717, 1.165) is 24.5 Å². The minimum atomic E-state index is 0.759. The van der Waals surface area contributed by atoms with Gasteiger partial charge in [0.1, 0.15) is 0 Å². The zero-order valence-electron chi connectivity index (χ0n) is 10.00. The summed E-state index contributed by atoms with van der Waals surface area (Å²) in [5, 5.41) is 0. The van der Waals surface area contributed by atoms with Gasteiger partial charge in [0.25, 0.3) is 0 Å². The van der Waals surface area contributed by atoms with E-state index in [4.69, 9.17) is 5.73 Å². The van der Waals surface area contributed by atoms with Gasteiger partial charge in [-0.3, -0.25) is 4.90 Å². The molecule has 1 fully saturated rings. The Bertz CT molecular complexity index is 158. The summed E-state index contributed by atoms with van der Waals surface area (Å²) in [5.74, 6) is 0.759. The van der Waals surface area contributed by atoms with Crippen molar-refractivity contribution in [3.8, 4) is 0 Å². The van der Waals surface area contributed by atoms with Crippen LogP contribution in [0.15, 0.2) is 0 Å². The van der Waals surface area contributed by atoms with Crippen LogP contribution in [0.4, 0.5) is 0 Å². The van der Waals surface area contributed by atoms with E-state index in [2.05, 4.69) is 25.7 Å². The van der Waals surface area contributed by atoms with Crippen LogP contribution in [0.25, 0.3) is 0 Å². The Morgan fingerprint density at radius 1 is 1.43 bits per heavy atom. The molecule has 0 aromatic heterocycles. The summed E-state index contributed by atoms with van der Waals surface area (Å²) >= 11 is 0. The van der Waals surface area contributed by atoms with E-state index < -0.39 is 0 Å². The first-order valence-electron chi connectivity index (χ1n) is 6.14. The second-order valence-corrected chi connectivity index (χ2v) is 4.87. The van der Waals surface area contributed by atoms with E-state index in [9.17, 15) is 0 Å². The molecule has 84 valence electrons. The molecule has 0 aromatic carbocycles. The second-order valence-electron chi connectivity index (χ2n) is 4.87. The van der Waals surface area contributed by atoms with Gasteiger partial charge in [0.05, 0.1) is 0 Å². The van der Waals surface area contributed by atoms with Gasteiger partial charge in [0.2, 0.25) is 0 Å². The third kappa shape index (κ3) is 2.96. The smallest absolute Gasteiger partial charge is 0.00961 e. The summed E-state index contributed by atoms with van der Waals surface area (Å²) in [5.41, 5.74) is 5.59. The number of rotatable bonds is 5. The minimum absolute atomic E-state index is 0.759. The van der Waals surface area contributed by atoms with Crippen molar-refractivity contribution in [2.45, 2.75) is 58.5 Å². The number of hydrogen-bond acceptors (Lipinski definition) is 2. The summed E-state index contributed by atoms with van der Waals surface area (Å²) in [4.78, 5) is 2.69. The van der Waals surface area contributed by atoms with Crippen LogP contribution in [-0.2, 0) is 0 Å². The van der Waals surface area contributed by atoms with Gasteiger partial charge >= 0.3 is 0 Å². The molecule has 3 atom stereocenters. The molecule has 0 amide bonds. The zero-order chi connectivity index (χ0) is 10.6. The van der Waals surface area contributed by atoms with E-state index in [1.807, 2.05) is 0 Å².